The zero-order chi connectivity index (χ0) is 14.2. The molecule has 22 heavy (non-hydrogen) atoms. The van der Waals surface area contributed by atoms with Gasteiger partial charge in [0, 0.05) is 30.6 Å². The summed E-state index contributed by atoms with van der Waals surface area (Å²) in [4.78, 5) is 7.40. The van der Waals surface area contributed by atoms with Gasteiger partial charge in [-0.25, -0.2) is 4.98 Å². The maximum atomic E-state index is 4.83. The third-order valence-corrected chi connectivity index (χ3v) is 5.64. The molecule has 118 valence electrons. The molecule has 0 radical (unpaired) electrons. The van der Waals surface area contributed by atoms with Gasteiger partial charge in [-0.15, -0.1) is 23.7 Å². The summed E-state index contributed by atoms with van der Waals surface area (Å²) in [5.74, 6) is 1.72. The maximum absolute atomic E-state index is 4.83. The molecule has 2 atom stereocenters. The number of hydrogen-bond donors (Lipinski definition) is 1. The van der Waals surface area contributed by atoms with Gasteiger partial charge < -0.3 is 5.32 Å². The second-order valence-corrected chi connectivity index (χ2v) is 7.24. The Balaban J connectivity index is 0.00000144. The molecule has 1 aromatic heterocycles. The fraction of sp³-hybridized carbons (Fsp3) is 0.471. The van der Waals surface area contributed by atoms with Crippen molar-refractivity contribution >= 4 is 23.7 Å². The molecule has 0 spiro atoms. The first-order valence-corrected chi connectivity index (χ1v) is 8.60. The van der Waals surface area contributed by atoms with E-state index in [1.54, 1.807) is 11.3 Å². The van der Waals surface area contributed by atoms with Gasteiger partial charge in [0.1, 0.15) is 5.01 Å². The number of fused-ring (bicyclic) bond motifs is 1. The van der Waals surface area contributed by atoms with Crippen LogP contribution in [0.5, 0.6) is 0 Å². The van der Waals surface area contributed by atoms with Crippen LogP contribution in [0.25, 0.3) is 10.6 Å². The lowest BCUT2D eigenvalue weighted by Crippen LogP contribution is -2.25. The van der Waals surface area contributed by atoms with Crippen molar-refractivity contribution in [1.82, 2.24) is 15.2 Å². The molecule has 2 aliphatic heterocycles. The minimum absolute atomic E-state index is 0. The van der Waals surface area contributed by atoms with Crippen LogP contribution in [0, 0.1) is 18.8 Å². The predicted octanol–water partition coefficient (Wildman–Crippen LogP) is 3.19. The van der Waals surface area contributed by atoms with Crippen molar-refractivity contribution in [2.24, 2.45) is 11.8 Å². The van der Waals surface area contributed by atoms with Crippen molar-refractivity contribution < 1.29 is 0 Å². The number of benzene rings is 1. The molecule has 0 unspecified atom stereocenters. The van der Waals surface area contributed by atoms with E-state index >= 15 is 0 Å². The van der Waals surface area contributed by atoms with Gasteiger partial charge in [-0.2, -0.15) is 0 Å². The van der Waals surface area contributed by atoms with E-state index in [2.05, 4.69) is 46.8 Å². The molecule has 5 heteroatoms. The summed E-state index contributed by atoms with van der Waals surface area (Å²) in [7, 11) is 0. The molecule has 4 rings (SSSR count). The first kappa shape index (κ1) is 15.9. The Hall–Kier alpha value is -0.940. The van der Waals surface area contributed by atoms with E-state index in [0.29, 0.717) is 0 Å². The lowest BCUT2D eigenvalue weighted by Gasteiger charge is -2.15. The summed E-state index contributed by atoms with van der Waals surface area (Å²) < 4.78 is 0. The first-order chi connectivity index (χ1) is 10.3. The molecule has 3 heterocycles. The maximum Gasteiger partial charge on any atom is 0.123 e. The van der Waals surface area contributed by atoms with Crippen LogP contribution in [-0.2, 0) is 6.54 Å². The molecule has 1 N–H and O–H groups in total. The second kappa shape index (κ2) is 6.67. The van der Waals surface area contributed by atoms with Crippen molar-refractivity contribution in [3.63, 3.8) is 0 Å². The molecule has 0 aliphatic carbocycles. The Kier molecular flexibility index (Phi) is 4.83. The third kappa shape index (κ3) is 3.20. The van der Waals surface area contributed by atoms with Gasteiger partial charge in [0.25, 0.3) is 0 Å². The highest BCUT2D eigenvalue weighted by Gasteiger charge is 2.35. The lowest BCUT2D eigenvalue weighted by atomic mass is 10.0. The van der Waals surface area contributed by atoms with Crippen molar-refractivity contribution in [3.8, 4) is 10.6 Å². The number of hydrogen-bond acceptors (Lipinski definition) is 4. The Morgan fingerprint density at radius 2 is 1.86 bits per heavy atom. The van der Waals surface area contributed by atoms with Gasteiger partial charge in [-0.3, -0.25) is 4.90 Å². The van der Waals surface area contributed by atoms with E-state index in [0.717, 1.165) is 23.4 Å². The molecule has 2 fully saturated rings. The zero-order valence-electron chi connectivity index (χ0n) is 12.8. The number of thiazole rings is 1. The topological polar surface area (TPSA) is 28.2 Å². The van der Waals surface area contributed by atoms with Gasteiger partial charge in [0.05, 0.1) is 5.69 Å². The quantitative estimate of drug-likeness (QED) is 0.933. The van der Waals surface area contributed by atoms with Gasteiger partial charge in [0.2, 0.25) is 0 Å². The van der Waals surface area contributed by atoms with E-state index in [9.17, 15) is 0 Å². The van der Waals surface area contributed by atoms with Gasteiger partial charge in [-0.1, -0.05) is 29.8 Å². The summed E-state index contributed by atoms with van der Waals surface area (Å²) in [6.45, 7) is 8.00. The highest BCUT2D eigenvalue weighted by atomic mass is 35.5. The van der Waals surface area contributed by atoms with E-state index in [-0.39, 0.29) is 12.4 Å². The minimum Gasteiger partial charge on any atom is -0.316 e. The molecule has 2 aromatic rings. The Morgan fingerprint density at radius 3 is 2.55 bits per heavy atom. The smallest absolute Gasteiger partial charge is 0.123 e. The average Bonchev–Trinajstić information content (AvgIpc) is 3.16. The van der Waals surface area contributed by atoms with E-state index < -0.39 is 0 Å². The van der Waals surface area contributed by atoms with Gasteiger partial charge in [-0.05, 0) is 31.8 Å². The molecular formula is C17H22ClN3S. The SMILES string of the molecule is Cc1ccc(-c2nc(CN3C[C@H]4CNC[C@H]4C3)cs2)cc1.Cl. The minimum atomic E-state index is 0. The average molecular weight is 336 g/mol. The first-order valence-electron chi connectivity index (χ1n) is 7.72. The van der Waals surface area contributed by atoms with Crippen molar-refractivity contribution in [3.05, 3.63) is 40.9 Å². The Morgan fingerprint density at radius 1 is 1.18 bits per heavy atom. The summed E-state index contributed by atoms with van der Waals surface area (Å²) >= 11 is 1.76. The summed E-state index contributed by atoms with van der Waals surface area (Å²) in [6, 6.07) is 8.66. The number of nitrogens with zero attached hydrogens (tertiary/aromatic N) is 2. The van der Waals surface area contributed by atoms with E-state index in [1.165, 1.54) is 43.0 Å². The van der Waals surface area contributed by atoms with E-state index in [1.807, 2.05) is 0 Å². The lowest BCUT2D eigenvalue weighted by molar-refractivity contribution is 0.302. The second-order valence-electron chi connectivity index (χ2n) is 6.38. The molecule has 2 saturated heterocycles. The predicted molar refractivity (Wildman–Crippen MR) is 94.7 cm³/mol. The van der Waals surface area contributed by atoms with Crippen LogP contribution in [0.15, 0.2) is 29.6 Å². The number of rotatable bonds is 3. The highest BCUT2D eigenvalue weighted by molar-refractivity contribution is 7.13. The van der Waals surface area contributed by atoms with Crippen molar-refractivity contribution in [2.75, 3.05) is 26.2 Å². The van der Waals surface area contributed by atoms with Crippen molar-refractivity contribution in [2.45, 2.75) is 13.5 Å². The molecule has 1 aromatic carbocycles. The number of likely N-dealkylation sites (tertiary alicyclic amines) is 1. The molecule has 3 nitrogen and oxygen atoms in total. The normalized spacial score (nSPS) is 24.2. The number of halogens is 1. The number of aryl methyl sites for hydroxylation is 1. The standard InChI is InChI=1S/C17H21N3S.ClH/c1-12-2-4-13(5-3-12)17-19-16(11-21-17)10-20-8-14-6-18-7-15(14)9-20;/h2-5,11,14-15,18H,6-10H2,1H3;1H/t14-,15+;. The number of nitrogens with one attached hydrogen (secondary N) is 1. The highest BCUT2D eigenvalue weighted by Crippen LogP contribution is 2.29. The number of aromatic nitrogens is 1. The Labute approximate surface area is 142 Å². The van der Waals surface area contributed by atoms with Gasteiger partial charge >= 0.3 is 0 Å². The van der Waals surface area contributed by atoms with Crippen molar-refractivity contribution in [1.29, 1.82) is 0 Å². The summed E-state index contributed by atoms with van der Waals surface area (Å²) in [6.07, 6.45) is 0. The van der Waals surface area contributed by atoms with Gasteiger partial charge in [0.15, 0.2) is 0 Å². The van der Waals surface area contributed by atoms with Crippen LogP contribution in [-0.4, -0.2) is 36.1 Å². The van der Waals surface area contributed by atoms with Crippen LogP contribution >= 0.6 is 23.7 Å². The van der Waals surface area contributed by atoms with E-state index in [4.69, 9.17) is 4.98 Å². The van der Waals surface area contributed by atoms with Crippen LogP contribution in [0.1, 0.15) is 11.3 Å². The monoisotopic (exact) mass is 335 g/mol. The zero-order valence-corrected chi connectivity index (χ0v) is 14.4. The summed E-state index contributed by atoms with van der Waals surface area (Å²) in [5.41, 5.74) is 3.76. The van der Waals surface area contributed by atoms with Crippen LogP contribution in [0.3, 0.4) is 0 Å². The van der Waals surface area contributed by atoms with Crippen LogP contribution in [0.2, 0.25) is 0 Å². The largest absolute Gasteiger partial charge is 0.316 e. The molecule has 0 bridgehead atoms. The van der Waals surface area contributed by atoms with Crippen LogP contribution < -0.4 is 5.32 Å². The summed E-state index contributed by atoms with van der Waals surface area (Å²) in [5, 5.41) is 6.87. The third-order valence-electron chi connectivity index (χ3n) is 4.70. The van der Waals surface area contributed by atoms with Crippen LogP contribution in [0.4, 0.5) is 0 Å². The molecular weight excluding hydrogens is 314 g/mol. The molecule has 0 saturated carbocycles. The fourth-order valence-electron chi connectivity index (χ4n) is 3.52. The fourth-order valence-corrected chi connectivity index (χ4v) is 4.34. The molecule has 2 aliphatic rings. The molecule has 0 amide bonds. The Bertz CT molecular complexity index is 613.